The number of alkyl halides is 3. The second kappa shape index (κ2) is 7.82. The normalized spacial score (nSPS) is 17.8. The molecule has 6 nitrogen and oxygen atoms in total. The third-order valence-electron chi connectivity index (χ3n) is 5.13. The standard InChI is InChI=1S/C20H22F4N6/c1-11(2)7-13-10-30(6-5-25-13)16-4-3-15(20(22,23)24)18(27-16)17-14-8-12(21)9-26-19(14)29-28-17/h3-4,8-9,11,13,25H,5-7,10H2,1-2H3,(H,26,28,29)/t13-/m0/s1. The zero-order valence-electron chi connectivity index (χ0n) is 16.6. The summed E-state index contributed by atoms with van der Waals surface area (Å²) in [6.45, 7) is 6.25. The molecule has 0 aliphatic carbocycles. The number of hydrogen-bond donors (Lipinski definition) is 2. The van der Waals surface area contributed by atoms with Crippen molar-refractivity contribution in [3.05, 3.63) is 35.8 Å². The van der Waals surface area contributed by atoms with Crippen LogP contribution in [0.3, 0.4) is 0 Å². The molecule has 1 aliphatic rings. The van der Waals surface area contributed by atoms with Crippen LogP contribution in [0, 0.1) is 11.7 Å². The van der Waals surface area contributed by atoms with Gasteiger partial charge in [0.1, 0.15) is 23.0 Å². The van der Waals surface area contributed by atoms with Crippen LogP contribution >= 0.6 is 0 Å². The predicted molar refractivity (Wildman–Crippen MR) is 106 cm³/mol. The van der Waals surface area contributed by atoms with Gasteiger partial charge < -0.3 is 10.2 Å². The molecular formula is C20H22F4N6. The maximum atomic E-state index is 13.7. The molecule has 4 rings (SSSR count). The van der Waals surface area contributed by atoms with Crippen LogP contribution in [0.4, 0.5) is 23.4 Å². The number of nitrogens with zero attached hydrogens (tertiary/aromatic N) is 4. The highest BCUT2D eigenvalue weighted by molar-refractivity contribution is 5.90. The molecule has 1 atom stereocenters. The number of H-pyrrole nitrogens is 1. The number of hydrogen-bond acceptors (Lipinski definition) is 5. The number of aromatic nitrogens is 4. The molecule has 160 valence electrons. The summed E-state index contributed by atoms with van der Waals surface area (Å²) in [5.74, 6) is 0.277. The van der Waals surface area contributed by atoms with Crippen molar-refractivity contribution >= 4 is 16.9 Å². The fraction of sp³-hybridized carbons (Fsp3) is 0.450. The zero-order valence-corrected chi connectivity index (χ0v) is 16.6. The second-order valence-electron chi connectivity index (χ2n) is 7.91. The van der Waals surface area contributed by atoms with Crippen LogP contribution in [-0.2, 0) is 6.18 Å². The van der Waals surface area contributed by atoms with E-state index in [1.807, 2.05) is 4.90 Å². The summed E-state index contributed by atoms with van der Waals surface area (Å²) in [5, 5.41) is 10.1. The van der Waals surface area contributed by atoms with Gasteiger partial charge in [-0.3, -0.25) is 5.10 Å². The minimum absolute atomic E-state index is 0.0694. The van der Waals surface area contributed by atoms with Crippen molar-refractivity contribution in [2.24, 2.45) is 5.92 Å². The lowest BCUT2D eigenvalue weighted by Crippen LogP contribution is -2.51. The van der Waals surface area contributed by atoms with Gasteiger partial charge in [-0.05, 0) is 30.5 Å². The van der Waals surface area contributed by atoms with E-state index in [2.05, 4.69) is 39.3 Å². The number of fused-ring (bicyclic) bond motifs is 1. The van der Waals surface area contributed by atoms with Crippen LogP contribution in [0.5, 0.6) is 0 Å². The Morgan fingerprint density at radius 2 is 2.03 bits per heavy atom. The predicted octanol–water partition coefficient (Wildman–Crippen LogP) is 4.00. The van der Waals surface area contributed by atoms with Crippen LogP contribution in [0.1, 0.15) is 25.8 Å². The van der Waals surface area contributed by atoms with E-state index in [4.69, 9.17) is 0 Å². The number of aromatic amines is 1. The van der Waals surface area contributed by atoms with E-state index < -0.39 is 17.6 Å². The topological polar surface area (TPSA) is 69.7 Å². The van der Waals surface area contributed by atoms with Gasteiger partial charge in [0.05, 0.1) is 17.1 Å². The van der Waals surface area contributed by atoms with E-state index in [1.165, 1.54) is 6.07 Å². The Hall–Kier alpha value is -2.75. The SMILES string of the molecule is CC(C)C[C@H]1CN(c2ccc(C(F)(F)F)c(-c3n[nH]c4ncc(F)cc34)n2)CCN1. The molecular weight excluding hydrogens is 400 g/mol. The number of rotatable bonds is 4. The largest absolute Gasteiger partial charge is 0.418 e. The molecule has 1 aliphatic heterocycles. The van der Waals surface area contributed by atoms with Crippen LogP contribution in [0.25, 0.3) is 22.4 Å². The molecule has 0 radical (unpaired) electrons. The average Bonchev–Trinajstić information content (AvgIpc) is 3.09. The zero-order chi connectivity index (χ0) is 21.5. The molecule has 3 aromatic rings. The van der Waals surface area contributed by atoms with Crippen LogP contribution in [0.15, 0.2) is 24.4 Å². The van der Waals surface area contributed by atoms with Gasteiger partial charge in [-0.2, -0.15) is 18.3 Å². The summed E-state index contributed by atoms with van der Waals surface area (Å²) in [7, 11) is 0. The van der Waals surface area contributed by atoms with Crippen molar-refractivity contribution in [3.8, 4) is 11.4 Å². The fourth-order valence-corrected chi connectivity index (χ4v) is 3.85. The number of nitrogens with one attached hydrogen (secondary N) is 2. The highest BCUT2D eigenvalue weighted by atomic mass is 19.4. The summed E-state index contributed by atoms with van der Waals surface area (Å²) in [6.07, 6.45) is -2.69. The van der Waals surface area contributed by atoms with Gasteiger partial charge in [0.25, 0.3) is 0 Å². The molecule has 30 heavy (non-hydrogen) atoms. The number of piperazine rings is 1. The van der Waals surface area contributed by atoms with E-state index in [-0.39, 0.29) is 28.5 Å². The summed E-state index contributed by atoms with van der Waals surface area (Å²) in [5.41, 5.74) is -1.12. The highest BCUT2D eigenvalue weighted by Crippen LogP contribution is 2.38. The van der Waals surface area contributed by atoms with Gasteiger partial charge in [-0.1, -0.05) is 13.8 Å². The Bertz CT molecular complexity index is 1050. The maximum absolute atomic E-state index is 13.7. The van der Waals surface area contributed by atoms with E-state index >= 15 is 0 Å². The highest BCUT2D eigenvalue weighted by Gasteiger charge is 2.36. The van der Waals surface area contributed by atoms with Gasteiger partial charge in [0.15, 0.2) is 5.65 Å². The van der Waals surface area contributed by atoms with Crippen LogP contribution in [0.2, 0.25) is 0 Å². The quantitative estimate of drug-likeness (QED) is 0.622. The van der Waals surface area contributed by atoms with Crippen LogP contribution in [-0.4, -0.2) is 45.8 Å². The molecule has 2 N–H and O–H groups in total. The molecule has 0 spiro atoms. The smallest absolute Gasteiger partial charge is 0.354 e. The van der Waals surface area contributed by atoms with Gasteiger partial charge in [-0.15, -0.1) is 0 Å². The van der Waals surface area contributed by atoms with Crippen molar-refractivity contribution in [1.82, 2.24) is 25.5 Å². The first kappa shape index (κ1) is 20.5. The molecule has 0 saturated carbocycles. The molecule has 1 fully saturated rings. The lowest BCUT2D eigenvalue weighted by Gasteiger charge is -2.35. The Labute approximate surface area is 170 Å². The summed E-state index contributed by atoms with van der Waals surface area (Å²) < 4.78 is 54.8. The first-order chi connectivity index (χ1) is 14.2. The molecule has 0 bridgehead atoms. The molecule has 0 amide bonds. The van der Waals surface area contributed by atoms with E-state index in [9.17, 15) is 17.6 Å². The molecule has 3 aromatic heterocycles. The van der Waals surface area contributed by atoms with Gasteiger partial charge in [0, 0.05) is 25.7 Å². The van der Waals surface area contributed by atoms with Gasteiger partial charge in [0.2, 0.25) is 0 Å². The van der Waals surface area contributed by atoms with Crippen molar-refractivity contribution in [2.45, 2.75) is 32.5 Å². The van der Waals surface area contributed by atoms with E-state index in [0.717, 1.165) is 31.3 Å². The van der Waals surface area contributed by atoms with Gasteiger partial charge >= 0.3 is 6.18 Å². The molecule has 4 heterocycles. The maximum Gasteiger partial charge on any atom is 0.418 e. The molecule has 0 aromatic carbocycles. The summed E-state index contributed by atoms with van der Waals surface area (Å²) in [4.78, 5) is 10.2. The minimum Gasteiger partial charge on any atom is -0.354 e. The monoisotopic (exact) mass is 422 g/mol. The first-order valence-corrected chi connectivity index (χ1v) is 9.79. The van der Waals surface area contributed by atoms with Gasteiger partial charge in [-0.25, -0.2) is 14.4 Å². The lowest BCUT2D eigenvalue weighted by atomic mass is 10.0. The van der Waals surface area contributed by atoms with Crippen molar-refractivity contribution in [1.29, 1.82) is 0 Å². The van der Waals surface area contributed by atoms with E-state index in [0.29, 0.717) is 24.8 Å². The van der Waals surface area contributed by atoms with Crippen LogP contribution < -0.4 is 10.2 Å². The average molecular weight is 422 g/mol. The molecule has 10 heteroatoms. The van der Waals surface area contributed by atoms with Crippen molar-refractivity contribution < 1.29 is 17.6 Å². The number of pyridine rings is 2. The number of anilines is 1. The Kier molecular flexibility index (Phi) is 5.35. The fourth-order valence-electron chi connectivity index (χ4n) is 3.85. The Morgan fingerprint density at radius 1 is 1.23 bits per heavy atom. The minimum atomic E-state index is -4.63. The van der Waals surface area contributed by atoms with Crippen molar-refractivity contribution in [3.63, 3.8) is 0 Å². The third kappa shape index (κ3) is 4.09. The lowest BCUT2D eigenvalue weighted by molar-refractivity contribution is -0.137. The summed E-state index contributed by atoms with van der Waals surface area (Å²) in [6, 6.07) is 3.75. The Morgan fingerprint density at radius 3 is 2.77 bits per heavy atom. The number of halogens is 4. The molecule has 0 unspecified atom stereocenters. The first-order valence-electron chi connectivity index (χ1n) is 9.79. The van der Waals surface area contributed by atoms with E-state index in [1.54, 1.807) is 0 Å². The third-order valence-corrected chi connectivity index (χ3v) is 5.13. The Balaban J connectivity index is 1.78. The second-order valence-corrected chi connectivity index (χ2v) is 7.91. The summed E-state index contributed by atoms with van der Waals surface area (Å²) >= 11 is 0. The van der Waals surface area contributed by atoms with Crippen molar-refractivity contribution in [2.75, 3.05) is 24.5 Å². The molecule has 1 saturated heterocycles.